The van der Waals surface area contributed by atoms with Crippen molar-refractivity contribution in [3.63, 3.8) is 0 Å². The minimum atomic E-state index is -0.117. The number of hydrogen-bond donors (Lipinski definition) is 2. The molecule has 0 bridgehead atoms. The number of fused-ring (bicyclic) bond motifs is 1. The third kappa shape index (κ3) is 3.01. The molecule has 2 amide bonds. The lowest BCUT2D eigenvalue weighted by molar-refractivity contribution is -0.116. The van der Waals surface area contributed by atoms with Gasteiger partial charge in [-0.3, -0.25) is 9.59 Å². The molecular formula is C15H13BrN2O2S. The Morgan fingerprint density at radius 1 is 1.33 bits per heavy atom. The lowest BCUT2D eigenvalue weighted by Crippen LogP contribution is -2.19. The standard InChI is InChI=1S/C15H13BrN2O2S/c1-8-6-12(21-14(8)16)15(20)17-10-3-4-11-9(7-10)2-5-13(19)18-11/h3-4,6-7H,2,5H2,1H3,(H,17,20)(H,18,19). The Bertz CT molecular complexity index is 720. The van der Waals surface area contributed by atoms with Gasteiger partial charge in [0.05, 0.1) is 8.66 Å². The molecule has 2 aromatic rings. The highest BCUT2D eigenvalue weighted by molar-refractivity contribution is 9.11. The van der Waals surface area contributed by atoms with Crippen LogP contribution in [0.3, 0.4) is 0 Å². The van der Waals surface area contributed by atoms with Gasteiger partial charge in [0.25, 0.3) is 5.91 Å². The van der Waals surface area contributed by atoms with Gasteiger partial charge in [0.2, 0.25) is 5.91 Å². The first kappa shape index (κ1) is 14.3. The molecule has 21 heavy (non-hydrogen) atoms. The summed E-state index contributed by atoms with van der Waals surface area (Å²) in [4.78, 5) is 24.2. The normalized spacial score (nSPS) is 13.5. The zero-order valence-electron chi connectivity index (χ0n) is 11.3. The van der Waals surface area contributed by atoms with Crippen LogP contribution in [0, 0.1) is 6.92 Å². The van der Waals surface area contributed by atoms with Gasteiger partial charge in [-0.05, 0) is 64.7 Å². The van der Waals surface area contributed by atoms with Crippen LogP contribution in [0.25, 0.3) is 0 Å². The van der Waals surface area contributed by atoms with Crippen molar-refractivity contribution in [2.75, 3.05) is 10.6 Å². The predicted molar refractivity (Wildman–Crippen MR) is 88.1 cm³/mol. The van der Waals surface area contributed by atoms with Crippen LogP contribution < -0.4 is 10.6 Å². The summed E-state index contributed by atoms with van der Waals surface area (Å²) in [6, 6.07) is 7.42. The highest BCUT2D eigenvalue weighted by Crippen LogP contribution is 2.29. The minimum absolute atomic E-state index is 0.0400. The maximum Gasteiger partial charge on any atom is 0.265 e. The van der Waals surface area contributed by atoms with Gasteiger partial charge in [-0.15, -0.1) is 11.3 Å². The lowest BCUT2D eigenvalue weighted by atomic mass is 10.0. The number of halogens is 1. The number of anilines is 2. The number of hydrogen-bond acceptors (Lipinski definition) is 3. The molecule has 0 unspecified atom stereocenters. The molecular weight excluding hydrogens is 352 g/mol. The van der Waals surface area contributed by atoms with Gasteiger partial charge in [0, 0.05) is 17.8 Å². The van der Waals surface area contributed by atoms with Gasteiger partial charge in [0.15, 0.2) is 0 Å². The van der Waals surface area contributed by atoms with Crippen LogP contribution in [-0.4, -0.2) is 11.8 Å². The molecule has 0 spiro atoms. The quantitative estimate of drug-likeness (QED) is 0.847. The molecule has 0 radical (unpaired) electrons. The third-order valence-electron chi connectivity index (χ3n) is 3.34. The average molecular weight is 365 g/mol. The van der Waals surface area contributed by atoms with Crippen molar-refractivity contribution in [3.8, 4) is 0 Å². The zero-order chi connectivity index (χ0) is 15.0. The van der Waals surface area contributed by atoms with Gasteiger partial charge in [-0.2, -0.15) is 0 Å². The van der Waals surface area contributed by atoms with E-state index < -0.39 is 0 Å². The Balaban J connectivity index is 1.79. The maximum atomic E-state index is 12.2. The van der Waals surface area contributed by atoms with E-state index >= 15 is 0 Å². The molecule has 0 atom stereocenters. The molecule has 2 heterocycles. The van der Waals surface area contributed by atoms with E-state index in [-0.39, 0.29) is 11.8 Å². The van der Waals surface area contributed by atoms with Gasteiger partial charge in [-0.1, -0.05) is 0 Å². The number of rotatable bonds is 2. The lowest BCUT2D eigenvalue weighted by Gasteiger charge is -2.17. The van der Waals surface area contributed by atoms with Crippen molar-refractivity contribution in [1.29, 1.82) is 0 Å². The van der Waals surface area contributed by atoms with E-state index in [4.69, 9.17) is 0 Å². The van der Waals surface area contributed by atoms with E-state index in [0.717, 1.165) is 26.3 Å². The van der Waals surface area contributed by atoms with Crippen LogP contribution in [0.15, 0.2) is 28.1 Å². The number of aryl methyl sites for hydroxylation is 2. The summed E-state index contributed by atoms with van der Waals surface area (Å²) in [5.74, 6) is -0.0770. The molecule has 0 fully saturated rings. The average Bonchev–Trinajstić information content (AvgIpc) is 2.79. The van der Waals surface area contributed by atoms with E-state index in [1.54, 1.807) is 6.07 Å². The molecule has 0 saturated heterocycles. The number of amides is 2. The second kappa shape index (κ2) is 5.61. The van der Waals surface area contributed by atoms with Gasteiger partial charge in [0.1, 0.15) is 0 Å². The minimum Gasteiger partial charge on any atom is -0.326 e. The summed E-state index contributed by atoms with van der Waals surface area (Å²) < 4.78 is 0.973. The molecule has 3 rings (SSSR count). The molecule has 1 aliphatic heterocycles. The van der Waals surface area contributed by atoms with Crippen LogP contribution in [0.4, 0.5) is 11.4 Å². The summed E-state index contributed by atoms with van der Waals surface area (Å²) in [6.45, 7) is 1.96. The Labute approximate surface area is 134 Å². The number of carbonyl (C=O) groups excluding carboxylic acids is 2. The fourth-order valence-corrected chi connectivity index (χ4v) is 3.66. The Morgan fingerprint density at radius 2 is 2.14 bits per heavy atom. The van der Waals surface area contributed by atoms with Crippen molar-refractivity contribution >= 4 is 50.5 Å². The molecule has 0 saturated carbocycles. The van der Waals surface area contributed by atoms with Crippen LogP contribution in [-0.2, 0) is 11.2 Å². The van der Waals surface area contributed by atoms with Crippen molar-refractivity contribution in [1.82, 2.24) is 0 Å². The molecule has 6 heteroatoms. The number of thiophene rings is 1. The first-order valence-corrected chi connectivity index (χ1v) is 8.14. The van der Waals surface area contributed by atoms with Crippen molar-refractivity contribution in [2.24, 2.45) is 0 Å². The summed E-state index contributed by atoms with van der Waals surface area (Å²) in [6.07, 6.45) is 1.19. The summed E-state index contributed by atoms with van der Waals surface area (Å²) in [5.41, 5.74) is 3.69. The SMILES string of the molecule is Cc1cc(C(=O)Nc2ccc3c(c2)CCC(=O)N3)sc1Br. The van der Waals surface area contributed by atoms with Gasteiger partial charge < -0.3 is 10.6 Å². The van der Waals surface area contributed by atoms with Crippen molar-refractivity contribution in [3.05, 3.63) is 44.1 Å². The largest absolute Gasteiger partial charge is 0.326 e. The first-order chi connectivity index (χ1) is 10.0. The van der Waals surface area contributed by atoms with E-state index in [1.807, 2.05) is 25.1 Å². The topological polar surface area (TPSA) is 58.2 Å². The van der Waals surface area contributed by atoms with Crippen LogP contribution >= 0.6 is 27.3 Å². The number of benzene rings is 1. The van der Waals surface area contributed by atoms with E-state index in [2.05, 4.69) is 26.6 Å². The fraction of sp³-hybridized carbons (Fsp3) is 0.200. The monoisotopic (exact) mass is 364 g/mol. The Morgan fingerprint density at radius 3 is 2.86 bits per heavy atom. The molecule has 4 nitrogen and oxygen atoms in total. The second-order valence-corrected chi connectivity index (χ2v) is 7.31. The molecule has 1 aromatic heterocycles. The highest BCUT2D eigenvalue weighted by atomic mass is 79.9. The van der Waals surface area contributed by atoms with Crippen molar-refractivity contribution in [2.45, 2.75) is 19.8 Å². The van der Waals surface area contributed by atoms with Crippen LogP contribution in [0.1, 0.15) is 27.2 Å². The maximum absolute atomic E-state index is 12.2. The van der Waals surface area contributed by atoms with Crippen molar-refractivity contribution < 1.29 is 9.59 Å². The van der Waals surface area contributed by atoms with Gasteiger partial charge >= 0.3 is 0 Å². The molecule has 2 N–H and O–H groups in total. The smallest absolute Gasteiger partial charge is 0.265 e. The third-order valence-corrected chi connectivity index (χ3v) is 5.47. The van der Waals surface area contributed by atoms with Crippen LogP contribution in [0.5, 0.6) is 0 Å². The second-order valence-electron chi connectivity index (χ2n) is 4.94. The zero-order valence-corrected chi connectivity index (χ0v) is 13.7. The molecule has 1 aliphatic rings. The number of carbonyl (C=O) groups is 2. The first-order valence-electron chi connectivity index (χ1n) is 6.53. The molecule has 108 valence electrons. The van der Waals surface area contributed by atoms with Gasteiger partial charge in [-0.25, -0.2) is 0 Å². The Hall–Kier alpha value is -1.66. The highest BCUT2D eigenvalue weighted by Gasteiger charge is 2.16. The summed E-state index contributed by atoms with van der Waals surface area (Å²) in [7, 11) is 0. The van der Waals surface area contributed by atoms with E-state index in [9.17, 15) is 9.59 Å². The Kier molecular flexibility index (Phi) is 3.82. The number of nitrogens with one attached hydrogen (secondary N) is 2. The van der Waals surface area contributed by atoms with E-state index in [0.29, 0.717) is 17.7 Å². The summed E-state index contributed by atoms with van der Waals surface area (Å²) >= 11 is 4.84. The van der Waals surface area contributed by atoms with Crippen LogP contribution in [0.2, 0.25) is 0 Å². The molecule has 1 aromatic carbocycles. The summed E-state index contributed by atoms with van der Waals surface area (Å²) in [5, 5.41) is 5.73. The van der Waals surface area contributed by atoms with E-state index in [1.165, 1.54) is 11.3 Å². The fourth-order valence-electron chi connectivity index (χ4n) is 2.23. The predicted octanol–water partition coefficient (Wildman–Crippen LogP) is 3.96. The molecule has 0 aliphatic carbocycles.